The minimum absolute atomic E-state index is 0.143. The van der Waals surface area contributed by atoms with E-state index in [1.165, 1.54) is 0 Å². The second kappa shape index (κ2) is 8.11. The molecule has 1 aromatic carbocycles. The highest BCUT2D eigenvalue weighted by molar-refractivity contribution is 6.18. The molecule has 0 aromatic heterocycles. The molecule has 1 unspecified atom stereocenters. The first-order valence-corrected chi connectivity index (χ1v) is 6.50. The maximum Gasteiger partial charge on any atom is 0.411 e. The Labute approximate surface area is 120 Å². The quantitative estimate of drug-likeness (QED) is 0.621. The van der Waals surface area contributed by atoms with E-state index in [2.05, 4.69) is 10.1 Å². The molecule has 1 N–H and O–H groups in total. The highest BCUT2D eigenvalue weighted by Gasteiger charge is 2.27. The van der Waals surface area contributed by atoms with E-state index in [-0.39, 0.29) is 24.9 Å². The molecule has 20 heavy (non-hydrogen) atoms. The van der Waals surface area contributed by atoms with E-state index in [4.69, 9.17) is 11.6 Å². The first kappa shape index (κ1) is 16.8. The van der Waals surface area contributed by atoms with Crippen LogP contribution in [0.2, 0.25) is 0 Å². The van der Waals surface area contributed by atoms with Crippen LogP contribution in [0.1, 0.15) is 18.0 Å². The zero-order chi connectivity index (χ0) is 15.0. The van der Waals surface area contributed by atoms with Crippen molar-refractivity contribution in [3.05, 3.63) is 35.9 Å². The number of nitrogens with one attached hydrogen (secondary N) is 1. The smallest absolute Gasteiger partial charge is 0.372 e. The minimum atomic E-state index is -4.38. The van der Waals surface area contributed by atoms with Crippen LogP contribution in [0.5, 0.6) is 0 Å². The van der Waals surface area contributed by atoms with Gasteiger partial charge in [-0.25, -0.2) is 0 Å². The summed E-state index contributed by atoms with van der Waals surface area (Å²) >= 11 is 5.77. The lowest BCUT2D eigenvalue weighted by Gasteiger charge is -2.16. The SMILES string of the molecule is O=C(CCOCC(F)(F)F)NC(CCl)c1ccccc1. The van der Waals surface area contributed by atoms with Gasteiger partial charge in [-0.15, -0.1) is 11.6 Å². The molecule has 0 radical (unpaired) electrons. The van der Waals surface area contributed by atoms with Crippen LogP contribution in [0.4, 0.5) is 13.2 Å². The van der Waals surface area contributed by atoms with Crippen molar-refractivity contribution in [3.63, 3.8) is 0 Å². The predicted molar refractivity (Wildman–Crippen MR) is 69.5 cm³/mol. The molecule has 0 aliphatic heterocycles. The number of ether oxygens (including phenoxy) is 1. The zero-order valence-electron chi connectivity index (χ0n) is 10.6. The lowest BCUT2D eigenvalue weighted by atomic mass is 10.1. The molecule has 0 spiro atoms. The van der Waals surface area contributed by atoms with Crippen molar-refractivity contribution >= 4 is 17.5 Å². The molecule has 0 aliphatic carbocycles. The Kier molecular flexibility index (Phi) is 6.81. The lowest BCUT2D eigenvalue weighted by Crippen LogP contribution is -2.30. The van der Waals surface area contributed by atoms with Crippen LogP contribution in [-0.2, 0) is 9.53 Å². The first-order chi connectivity index (χ1) is 9.42. The van der Waals surface area contributed by atoms with Gasteiger partial charge in [0.2, 0.25) is 5.91 Å². The number of alkyl halides is 4. The third kappa shape index (κ3) is 6.77. The molecule has 0 saturated heterocycles. The van der Waals surface area contributed by atoms with Crippen LogP contribution in [0, 0.1) is 0 Å². The molecule has 0 aliphatic rings. The Morgan fingerprint density at radius 1 is 1.30 bits per heavy atom. The Bertz CT molecular complexity index is 412. The van der Waals surface area contributed by atoms with Crippen molar-refractivity contribution in [2.24, 2.45) is 0 Å². The maximum atomic E-state index is 11.8. The summed E-state index contributed by atoms with van der Waals surface area (Å²) in [6.07, 6.45) is -4.52. The van der Waals surface area contributed by atoms with Gasteiger partial charge in [-0.2, -0.15) is 13.2 Å². The van der Waals surface area contributed by atoms with Crippen molar-refractivity contribution < 1.29 is 22.7 Å². The van der Waals surface area contributed by atoms with Crippen molar-refractivity contribution in [2.45, 2.75) is 18.6 Å². The summed E-state index contributed by atoms with van der Waals surface area (Å²) in [6, 6.07) is 8.72. The Hall–Kier alpha value is -1.27. The Morgan fingerprint density at radius 2 is 1.95 bits per heavy atom. The van der Waals surface area contributed by atoms with Gasteiger partial charge in [0.15, 0.2) is 0 Å². The van der Waals surface area contributed by atoms with E-state index in [1.807, 2.05) is 30.3 Å². The molecule has 1 rings (SSSR count). The van der Waals surface area contributed by atoms with E-state index in [1.54, 1.807) is 0 Å². The molecule has 112 valence electrons. The van der Waals surface area contributed by atoms with Crippen LogP contribution < -0.4 is 5.32 Å². The Balaban J connectivity index is 2.34. The third-order valence-electron chi connectivity index (χ3n) is 2.43. The van der Waals surface area contributed by atoms with Crippen LogP contribution in [0.3, 0.4) is 0 Å². The molecule has 0 heterocycles. The number of hydrogen-bond acceptors (Lipinski definition) is 2. The van der Waals surface area contributed by atoms with Crippen molar-refractivity contribution in [1.29, 1.82) is 0 Å². The average Bonchev–Trinajstić information content (AvgIpc) is 2.41. The molecule has 1 amide bonds. The van der Waals surface area contributed by atoms with Gasteiger partial charge in [-0.05, 0) is 5.56 Å². The fraction of sp³-hybridized carbons (Fsp3) is 0.462. The number of carbonyl (C=O) groups is 1. The zero-order valence-corrected chi connectivity index (χ0v) is 11.4. The van der Waals surface area contributed by atoms with Crippen LogP contribution >= 0.6 is 11.6 Å². The largest absolute Gasteiger partial charge is 0.411 e. The van der Waals surface area contributed by atoms with E-state index in [0.29, 0.717) is 0 Å². The molecular weight excluding hydrogens is 295 g/mol. The second-order valence-electron chi connectivity index (χ2n) is 4.10. The molecule has 1 aromatic rings. The number of halogens is 4. The second-order valence-corrected chi connectivity index (χ2v) is 4.41. The summed E-state index contributed by atoms with van der Waals surface area (Å²) in [7, 11) is 0. The summed E-state index contributed by atoms with van der Waals surface area (Å²) in [5.41, 5.74) is 0.840. The van der Waals surface area contributed by atoms with Crippen LogP contribution in [0.25, 0.3) is 0 Å². The molecule has 3 nitrogen and oxygen atoms in total. The molecular formula is C13H15ClF3NO2. The van der Waals surface area contributed by atoms with E-state index in [9.17, 15) is 18.0 Å². The number of rotatable bonds is 7. The first-order valence-electron chi connectivity index (χ1n) is 5.97. The van der Waals surface area contributed by atoms with Crippen molar-refractivity contribution in [3.8, 4) is 0 Å². The van der Waals surface area contributed by atoms with Gasteiger partial charge in [0.1, 0.15) is 6.61 Å². The van der Waals surface area contributed by atoms with Gasteiger partial charge < -0.3 is 10.1 Å². The third-order valence-corrected chi connectivity index (χ3v) is 2.74. The lowest BCUT2D eigenvalue weighted by molar-refractivity contribution is -0.174. The van der Waals surface area contributed by atoms with E-state index >= 15 is 0 Å². The number of amides is 1. The van der Waals surface area contributed by atoms with E-state index < -0.39 is 18.7 Å². The Morgan fingerprint density at radius 3 is 2.50 bits per heavy atom. The number of hydrogen-bond donors (Lipinski definition) is 1. The summed E-state index contributed by atoms with van der Waals surface area (Å²) in [6.45, 7) is -1.63. The summed E-state index contributed by atoms with van der Waals surface area (Å²) in [5, 5.41) is 2.65. The predicted octanol–water partition coefficient (Wildman–Crippen LogP) is 3.05. The number of benzene rings is 1. The topological polar surface area (TPSA) is 38.3 Å². The van der Waals surface area contributed by atoms with E-state index in [0.717, 1.165) is 5.56 Å². The molecule has 1 atom stereocenters. The van der Waals surface area contributed by atoms with Gasteiger partial charge >= 0.3 is 6.18 Å². The van der Waals surface area contributed by atoms with Gasteiger partial charge in [0.05, 0.1) is 12.6 Å². The van der Waals surface area contributed by atoms with Gasteiger partial charge in [0, 0.05) is 12.3 Å². The van der Waals surface area contributed by atoms with Crippen LogP contribution in [-0.4, -0.2) is 31.2 Å². The highest BCUT2D eigenvalue weighted by Crippen LogP contribution is 2.15. The monoisotopic (exact) mass is 309 g/mol. The molecule has 7 heteroatoms. The van der Waals surface area contributed by atoms with Crippen LogP contribution in [0.15, 0.2) is 30.3 Å². The summed E-state index contributed by atoms with van der Waals surface area (Å²) in [4.78, 5) is 11.6. The minimum Gasteiger partial charge on any atom is -0.372 e. The summed E-state index contributed by atoms with van der Waals surface area (Å²) in [5.74, 6) is -0.222. The van der Waals surface area contributed by atoms with Gasteiger partial charge in [-0.1, -0.05) is 30.3 Å². The fourth-order valence-corrected chi connectivity index (χ4v) is 1.77. The normalized spacial score (nSPS) is 13.0. The van der Waals surface area contributed by atoms with Gasteiger partial charge in [-0.3, -0.25) is 4.79 Å². The molecule has 0 fully saturated rings. The molecule has 0 bridgehead atoms. The fourth-order valence-electron chi connectivity index (χ4n) is 1.52. The standard InChI is InChI=1S/C13H15ClF3NO2/c14-8-11(10-4-2-1-3-5-10)18-12(19)6-7-20-9-13(15,16)17/h1-5,11H,6-9H2,(H,18,19). The highest BCUT2D eigenvalue weighted by atomic mass is 35.5. The van der Waals surface area contributed by atoms with Crippen molar-refractivity contribution in [2.75, 3.05) is 19.1 Å². The summed E-state index contributed by atoms with van der Waals surface area (Å²) < 4.78 is 39.8. The number of carbonyl (C=O) groups excluding carboxylic acids is 1. The maximum absolute atomic E-state index is 11.8. The van der Waals surface area contributed by atoms with Crippen molar-refractivity contribution in [1.82, 2.24) is 5.32 Å². The average molecular weight is 310 g/mol. The van der Waals surface area contributed by atoms with Gasteiger partial charge in [0.25, 0.3) is 0 Å². The molecule has 0 saturated carbocycles.